The van der Waals surface area contributed by atoms with E-state index in [2.05, 4.69) is 11.4 Å². The molecule has 123 valence electrons. The zero-order valence-electron chi connectivity index (χ0n) is 13.4. The fraction of sp³-hybridized carbons (Fsp3) is 0.263. The minimum atomic E-state index is -0.482. The average Bonchev–Trinajstić information content (AvgIpc) is 2.61. The second-order valence-corrected chi connectivity index (χ2v) is 6.18. The van der Waals surface area contributed by atoms with Crippen molar-refractivity contribution in [3.8, 4) is 0 Å². The molecular weight excluding hydrogens is 324 g/mol. The van der Waals surface area contributed by atoms with Gasteiger partial charge in [0.15, 0.2) is 0 Å². The molecule has 3 rings (SSSR count). The van der Waals surface area contributed by atoms with E-state index >= 15 is 0 Å². The molecule has 0 saturated heterocycles. The molecule has 24 heavy (non-hydrogen) atoms. The van der Waals surface area contributed by atoms with Gasteiger partial charge in [-0.2, -0.15) is 0 Å². The second kappa shape index (κ2) is 7.05. The van der Waals surface area contributed by atoms with Gasteiger partial charge in [-0.15, -0.1) is 0 Å². The number of benzene rings is 2. The Bertz CT molecular complexity index is 758. The second-order valence-electron chi connectivity index (χ2n) is 5.74. The van der Waals surface area contributed by atoms with Gasteiger partial charge in [-0.1, -0.05) is 35.9 Å². The number of likely N-dealkylation sites (N-methyl/N-ethyl adjacent to an activating group) is 1. The van der Waals surface area contributed by atoms with Crippen LogP contribution in [-0.2, 0) is 17.8 Å². The molecule has 0 saturated carbocycles. The third-order valence-electron chi connectivity index (χ3n) is 4.26. The highest BCUT2D eigenvalue weighted by Crippen LogP contribution is 2.23. The van der Waals surface area contributed by atoms with Crippen LogP contribution in [0.3, 0.4) is 0 Å². The van der Waals surface area contributed by atoms with Crippen molar-refractivity contribution in [3.63, 3.8) is 0 Å². The van der Waals surface area contributed by atoms with Crippen LogP contribution in [0.5, 0.6) is 0 Å². The number of carbonyl (C=O) groups excluding carboxylic acids is 2. The van der Waals surface area contributed by atoms with E-state index in [-0.39, 0.29) is 11.8 Å². The molecule has 1 aliphatic heterocycles. The van der Waals surface area contributed by atoms with Gasteiger partial charge in [0, 0.05) is 30.1 Å². The molecule has 2 aromatic rings. The van der Waals surface area contributed by atoms with Gasteiger partial charge < -0.3 is 10.2 Å². The predicted molar refractivity (Wildman–Crippen MR) is 92.8 cm³/mol. The lowest BCUT2D eigenvalue weighted by atomic mass is 9.93. The first-order chi connectivity index (χ1) is 11.6. The summed E-state index contributed by atoms with van der Waals surface area (Å²) in [6.07, 6.45) is 0.524. The third-order valence-corrected chi connectivity index (χ3v) is 4.51. The van der Waals surface area contributed by atoms with Crippen LogP contribution in [0.4, 0.5) is 0 Å². The molecule has 0 aromatic heterocycles. The van der Waals surface area contributed by atoms with Crippen LogP contribution in [0.15, 0.2) is 42.5 Å². The van der Waals surface area contributed by atoms with Gasteiger partial charge in [-0.3, -0.25) is 9.59 Å². The summed E-state index contributed by atoms with van der Waals surface area (Å²) in [7, 11) is 0. The van der Waals surface area contributed by atoms with Gasteiger partial charge >= 0.3 is 0 Å². The zero-order valence-corrected chi connectivity index (χ0v) is 14.1. The van der Waals surface area contributed by atoms with E-state index in [9.17, 15) is 9.59 Å². The molecule has 0 aliphatic carbocycles. The van der Waals surface area contributed by atoms with E-state index in [1.807, 2.05) is 25.1 Å². The largest absolute Gasteiger partial charge is 0.350 e. The molecule has 1 aliphatic rings. The van der Waals surface area contributed by atoms with Crippen LogP contribution in [0.2, 0.25) is 5.02 Å². The van der Waals surface area contributed by atoms with Crippen molar-refractivity contribution in [1.82, 2.24) is 10.2 Å². The van der Waals surface area contributed by atoms with Crippen molar-refractivity contribution in [1.29, 1.82) is 0 Å². The van der Waals surface area contributed by atoms with Crippen LogP contribution in [-0.4, -0.2) is 29.3 Å². The van der Waals surface area contributed by atoms with Crippen molar-refractivity contribution in [2.24, 2.45) is 0 Å². The number of nitrogens with zero attached hydrogens (tertiary/aromatic N) is 1. The van der Waals surface area contributed by atoms with Crippen LogP contribution in [0.25, 0.3) is 0 Å². The van der Waals surface area contributed by atoms with Crippen molar-refractivity contribution < 1.29 is 9.59 Å². The smallest absolute Gasteiger partial charge is 0.254 e. The summed E-state index contributed by atoms with van der Waals surface area (Å²) in [6, 6.07) is 15.1. The minimum absolute atomic E-state index is 0.109. The Morgan fingerprint density at radius 3 is 2.79 bits per heavy atom. The molecule has 1 unspecified atom stereocenters. The fourth-order valence-corrected chi connectivity index (χ4v) is 3.09. The standard InChI is InChI=1S/C19H18ClN2O2/c1-2-22-17(11-14-5-3-4-6-16(14)19(22)24)18(23)21-12-13-7-9-15(20)10-8-13/h3,5-10,17H,2,11-12H2,1H3,(H,21,23). The van der Waals surface area contributed by atoms with Crippen LogP contribution in [0, 0.1) is 6.07 Å². The molecule has 2 amide bonds. The average molecular weight is 342 g/mol. The van der Waals surface area contributed by atoms with Crippen molar-refractivity contribution in [2.45, 2.75) is 25.9 Å². The highest BCUT2D eigenvalue weighted by Gasteiger charge is 2.35. The van der Waals surface area contributed by atoms with E-state index in [4.69, 9.17) is 11.6 Å². The third kappa shape index (κ3) is 3.29. The van der Waals surface area contributed by atoms with Crippen LogP contribution >= 0.6 is 11.6 Å². The number of hydrogen-bond donors (Lipinski definition) is 1. The SMILES string of the molecule is CCN1C(=O)c2c[c]ccc2CC1C(=O)NCc1ccc(Cl)cc1. The minimum Gasteiger partial charge on any atom is -0.350 e. The maximum Gasteiger partial charge on any atom is 0.254 e. The van der Waals surface area contributed by atoms with Crippen LogP contribution in [0.1, 0.15) is 28.4 Å². The van der Waals surface area contributed by atoms with E-state index in [1.165, 1.54) is 0 Å². The van der Waals surface area contributed by atoms with Gasteiger partial charge in [0.25, 0.3) is 5.91 Å². The van der Waals surface area contributed by atoms with Crippen LogP contribution < -0.4 is 5.32 Å². The Hall–Kier alpha value is -2.33. The first-order valence-electron chi connectivity index (χ1n) is 7.92. The highest BCUT2D eigenvalue weighted by molar-refractivity contribution is 6.30. The number of halogens is 1. The van der Waals surface area contributed by atoms with E-state index in [1.54, 1.807) is 29.2 Å². The number of hydrogen-bond acceptors (Lipinski definition) is 2. The first-order valence-corrected chi connectivity index (χ1v) is 8.30. The van der Waals surface area contributed by atoms with Crippen molar-refractivity contribution in [3.05, 3.63) is 70.2 Å². The number of fused-ring (bicyclic) bond motifs is 1. The molecule has 0 spiro atoms. The Balaban J connectivity index is 1.74. The summed E-state index contributed by atoms with van der Waals surface area (Å²) in [5.41, 5.74) is 2.50. The molecule has 4 nitrogen and oxygen atoms in total. The summed E-state index contributed by atoms with van der Waals surface area (Å²) in [4.78, 5) is 26.8. The summed E-state index contributed by atoms with van der Waals surface area (Å²) >= 11 is 5.86. The number of rotatable bonds is 4. The fourth-order valence-electron chi connectivity index (χ4n) is 2.96. The molecule has 0 bridgehead atoms. The lowest BCUT2D eigenvalue weighted by Gasteiger charge is -2.35. The molecule has 2 aromatic carbocycles. The summed E-state index contributed by atoms with van der Waals surface area (Å²) in [5.74, 6) is -0.249. The number of nitrogens with one attached hydrogen (secondary N) is 1. The highest BCUT2D eigenvalue weighted by atomic mass is 35.5. The Kier molecular flexibility index (Phi) is 4.86. The molecule has 1 radical (unpaired) electrons. The number of amides is 2. The number of carbonyl (C=O) groups is 2. The molecular formula is C19H18ClN2O2. The van der Waals surface area contributed by atoms with Gasteiger partial charge in [-0.25, -0.2) is 0 Å². The quantitative estimate of drug-likeness (QED) is 0.929. The van der Waals surface area contributed by atoms with Gasteiger partial charge in [0.05, 0.1) is 0 Å². The normalized spacial score (nSPS) is 16.7. The summed E-state index contributed by atoms with van der Waals surface area (Å²) in [5, 5.41) is 3.58. The van der Waals surface area contributed by atoms with E-state index < -0.39 is 6.04 Å². The first kappa shape index (κ1) is 16.5. The maximum absolute atomic E-state index is 12.6. The monoisotopic (exact) mass is 341 g/mol. The Morgan fingerprint density at radius 2 is 2.08 bits per heavy atom. The summed E-state index contributed by atoms with van der Waals surface area (Å²) in [6.45, 7) is 2.79. The molecule has 0 fully saturated rings. The van der Waals surface area contributed by atoms with E-state index in [0.29, 0.717) is 30.1 Å². The van der Waals surface area contributed by atoms with Gasteiger partial charge in [0.2, 0.25) is 5.91 Å². The van der Waals surface area contributed by atoms with E-state index in [0.717, 1.165) is 11.1 Å². The van der Waals surface area contributed by atoms with Crippen molar-refractivity contribution in [2.75, 3.05) is 6.54 Å². The lowest BCUT2D eigenvalue weighted by Crippen LogP contribution is -2.53. The molecule has 1 atom stereocenters. The Morgan fingerprint density at radius 1 is 1.33 bits per heavy atom. The molecule has 1 heterocycles. The lowest BCUT2D eigenvalue weighted by molar-refractivity contribution is -0.126. The summed E-state index contributed by atoms with van der Waals surface area (Å²) < 4.78 is 0. The maximum atomic E-state index is 12.6. The molecule has 1 N–H and O–H groups in total. The topological polar surface area (TPSA) is 49.4 Å². The zero-order chi connectivity index (χ0) is 17.1. The molecule has 5 heteroatoms. The predicted octanol–water partition coefficient (Wildman–Crippen LogP) is 2.84. The van der Waals surface area contributed by atoms with Crippen molar-refractivity contribution >= 4 is 23.4 Å². The van der Waals surface area contributed by atoms with Gasteiger partial charge in [-0.05, 0) is 42.3 Å². The van der Waals surface area contributed by atoms with Gasteiger partial charge in [0.1, 0.15) is 6.04 Å². The Labute approximate surface area is 146 Å².